The first-order valence-electron chi connectivity index (χ1n) is 7.51. The van der Waals surface area contributed by atoms with Crippen LogP contribution in [0.2, 0.25) is 0 Å². The van der Waals surface area contributed by atoms with Gasteiger partial charge >= 0.3 is 0 Å². The summed E-state index contributed by atoms with van der Waals surface area (Å²) in [5.41, 5.74) is 9.28. The number of hydrogen-bond acceptors (Lipinski definition) is 3. The van der Waals surface area contributed by atoms with Crippen molar-refractivity contribution in [2.24, 2.45) is 5.73 Å². The zero-order valence-corrected chi connectivity index (χ0v) is 14.1. The minimum Gasteiger partial charge on any atom is -0.332 e. The number of rotatable bonds is 4. The summed E-state index contributed by atoms with van der Waals surface area (Å²) >= 11 is 5.26. The summed E-state index contributed by atoms with van der Waals surface area (Å²) in [4.78, 5) is 12.1. The number of anilines is 1. The summed E-state index contributed by atoms with van der Waals surface area (Å²) in [5.74, 6) is 0.0983. The Morgan fingerprint density at radius 3 is 2.48 bits per heavy atom. The molecule has 0 atom stereocenters. The monoisotopic (exact) mass is 327 g/mol. The van der Waals surface area contributed by atoms with Crippen molar-refractivity contribution >= 4 is 28.9 Å². The van der Waals surface area contributed by atoms with Crippen molar-refractivity contribution < 1.29 is 4.79 Å². The minimum absolute atomic E-state index is 0.232. The van der Waals surface area contributed by atoms with E-state index >= 15 is 0 Å². The molecule has 0 fully saturated rings. The van der Waals surface area contributed by atoms with Crippen molar-refractivity contribution in [3.63, 3.8) is 0 Å². The number of carbonyl (C=O) groups is 1. The van der Waals surface area contributed by atoms with Gasteiger partial charge in [0, 0.05) is 17.8 Å². The lowest BCUT2D eigenvalue weighted by Gasteiger charge is -2.17. The standard InChI is InChI=1S/C18H21N3OS/c1-12(2)15-9-8-13(11-19)10-16(15)20-18(23)21-17(22)14-6-4-3-5-7-14/h3-10,12H,11,19H2,1-2H3,(H2,20,21,22,23). The minimum atomic E-state index is -0.232. The van der Waals surface area contributed by atoms with Crippen LogP contribution in [-0.4, -0.2) is 11.0 Å². The molecule has 0 spiro atoms. The highest BCUT2D eigenvalue weighted by Gasteiger charge is 2.11. The SMILES string of the molecule is CC(C)c1ccc(CN)cc1NC(=S)NC(=O)c1ccccc1. The third kappa shape index (κ3) is 4.61. The van der Waals surface area contributed by atoms with Crippen molar-refractivity contribution in [1.29, 1.82) is 0 Å². The van der Waals surface area contributed by atoms with Gasteiger partial charge in [-0.1, -0.05) is 44.2 Å². The molecule has 0 heterocycles. The highest BCUT2D eigenvalue weighted by atomic mass is 32.1. The molecular formula is C18H21N3OS. The fraction of sp³-hybridized carbons (Fsp3) is 0.222. The Kier molecular flexibility index (Phi) is 5.84. The molecule has 0 aromatic heterocycles. The van der Waals surface area contributed by atoms with E-state index in [1.165, 1.54) is 0 Å². The third-order valence-electron chi connectivity index (χ3n) is 3.49. The number of benzene rings is 2. The number of amides is 1. The Bertz CT molecular complexity index is 699. The first kappa shape index (κ1) is 17.1. The highest BCUT2D eigenvalue weighted by Crippen LogP contribution is 2.25. The molecule has 23 heavy (non-hydrogen) atoms. The zero-order valence-electron chi connectivity index (χ0n) is 13.3. The van der Waals surface area contributed by atoms with Gasteiger partial charge in [0.1, 0.15) is 0 Å². The second kappa shape index (κ2) is 7.85. The van der Waals surface area contributed by atoms with E-state index in [2.05, 4.69) is 24.5 Å². The van der Waals surface area contributed by atoms with Crippen molar-refractivity contribution in [2.75, 3.05) is 5.32 Å². The number of thiocarbonyl (C=S) groups is 1. The maximum absolute atomic E-state index is 12.1. The molecule has 0 saturated heterocycles. The highest BCUT2D eigenvalue weighted by molar-refractivity contribution is 7.80. The number of nitrogens with one attached hydrogen (secondary N) is 2. The molecule has 0 unspecified atom stereocenters. The van der Waals surface area contributed by atoms with Crippen molar-refractivity contribution in [2.45, 2.75) is 26.3 Å². The fourth-order valence-electron chi connectivity index (χ4n) is 2.26. The van der Waals surface area contributed by atoms with Gasteiger partial charge in [-0.05, 0) is 47.5 Å². The van der Waals surface area contributed by atoms with Gasteiger partial charge in [-0.25, -0.2) is 0 Å². The Morgan fingerprint density at radius 1 is 1.17 bits per heavy atom. The molecule has 1 amide bonds. The summed E-state index contributed by atoms with van der Waals surface area (Å²) < 4.78 is 0. The molecule has 2 rings (SSSR count). The summed E-state index contributed by atoms with van der Waals surface area (Å²) in [6.45, 7) is 4.67. The second-order valence-electron chi connectivity index (χ2n) is 5.55. The largest absolute Gasteiger partial charge is 0.332 e. The second-order valence-corrected chi connectivity index (χ2v) is 5.96. The van der Waals surface area contributed by atoms with Crippen LogP contribution in [0.1, 0.15) is 41.3 Å². The smallest absolute Gasteiger partial charge is 0.257 e. The van der Waals surface area contributed by atoms with E-state index < -0.39 is 0 Å². The quantitative estimate of drug-likeness (QED) is 0.753. The molecule has 0 aliphatic heterocycles. The van der Waals surface area contributed by atoms with Crippen LogP contribution in [-0.2, 0) is 6.54 Å². The van der Waals surface area contributed by atoms with E-state index in [9.17, 15) is 4.79 Å². The van der Waals surface area contributed by atoms with Crippen LogP contribution < -0.4 is 16.4 Å². The van der Waals surface area contributed by atoms with Crippen molar-refractivity contribution in [3.05, 3.63) is 65.2 Å². The summed E-state index contributed by atoms with van der Waals surface area (Å²) in [6, 6.07) is 15.0. The Morgan fingerprint density at radius 2 is 1.87 bits per heavy atom. The van der Waals surface area contributed by atoms with Crippen LogP contribution in [0.4, 0.5) is 5.69 Å². The Labute approximate surface area is 142 Å². The van der Waals surface area contributed by atoms with Gasteiger partial charge in [0.2, 0.25) is 0 Å². The average Bonchev–Trinajstić information content (AvgIpc) is 2.55. The van der Waals surface area contributed by atoms with Gasteiger partial charge < -0.3 is 11.1 Å². The number of nitrogens with two attached hydrogens (primary N) is 1. The number of carbonyl (C=O) groups excluding carboxylic acids is 1. The lowest BCUT2D eigenvalue weighted by molar-refractivity contribution is 0.0977. The first-order chi connectivity index (χ1) is 11.0. The van der Waals surface area contributed by atoms with E-state index in [1.807, 2.05) is 36.4 Å². The van der Waals surface area contributed by atoms with Crippen LogP contribution in [0.3, 0.4) is 0 Å². The predicted molar refractivity (Wildman–Crippen MR) is 98.6 cm³/mol. The predicted octanol–water partition coefficient (Wildman–Crippen LogP) is 3.40. The van der Waals surface area contributed by atoms with Gasteiger partial charge in [0.05, 0.1) is 0 Å². The van der Waals surface area contributed by atoms with Gasteiger partial charge in [-0.15, -0.1) is 0 Å². The van der Waals surface area contributed by atoms with Gasteiger partial charge in [-0.2, -0.15) is 0 Å². The van der Waals surface area contributed by atoms with E-state index in [4.69, 9.17) is 18.0 Å². The van der Waals surface area contributed by atoms with E-state index in [-0.39, 0.29) is 11.0 Å². The lowest BCUT2D eigenvalue weighted by atomic mass is 9.99. The molecule has 4 nitrogen and oxygen atoms in total. The van der Waals surface area contributed by atoms with Crippen molar-refractivity contribution in [3.8, 4) is 0 Å². The zero-order chi connectivity index (χ0) is 16.8. The molecule has 0 bridgehead atoms. The molecule has 0 saturated carbocycles. The Hall–Kier alpha value is -2.24. The molecule has 2 aromatic rings. The van der Waals surface area contributed by atoms with Gasteiger partial charge in [0.25, 0.3) is 5.91 Å². The molecule has 4 N–H and O–H groups in total. The Balaban J connectivity index is 2.12. The molecule has 120 valence electrons. The first-order valence-corrected chi connectivity index (χ1v) is 7.92. The molecule has 0 radical (unpaired) electrons. The molecule has 2 aromatic carbocycles. The van der Waals surface area contributed by atoms with Crippen LogP contribution in [0.25, 0.3) is 0 Å². The van der Waals surface area contributed by atoms with Crippen LogP contribution in [0.5, 0.6) is 0 Å². The maximum atomic E-state index is 12.1. The van der Waals surface area contributed by atoms with E-state index in [0.717, 1.165) is 16.8 Å². The number of hydrogen-bond donors (Lipinski definition) is 3. The van der Waals surface area contributed by atoms with Gasteiger partial charge in [0.15, 0.2) is 5.11 Å². The lowest BCUT2D eigenvalue weighted by Crippen LogP contribution is -2.34. The van der Waals surface area contributed by atoms with Crippen LogP contribution in [0, 0.1) is 0 Å². The van der Waals surface area contributed by atoms with Crippen LogP contribution in [0.15, 0.2) is 48.5 Å². The third-order valence-corrected chi connectivity index (χ3v) is 3.69. The van der Waals surface area contributed by atoms with E-state index in [1.54, 1.807) is 12.1 Å². The molecule has 0 aliphatic carbocycles. The van der Waals surface area contributed by atoms with Crippen molar-refractivity contribution in [1.82, 2.24) is 5.32 Å². The average molecular weight is 327 g/mol. The summed E-state index contributed by atoms with van der Waals surface area (Å²) in [7, 11) is 0. The summed E-state index contributed by atoms with van der Waals surface area (Å²) in [5, 5.41) is 6.08. The summed E-state index contributed by atoms with van der Waals surface area (Å²) in [6.07, 6.45) is 0. The molecule has 0 aliphatic rings. The molecular weight excluding hydrogens is 306 g/mol. The normalized spacial score (nSPS) is 10.4. The molecule has 5 heteroatoms. The fourth-order valence-corrected chi connectivity index (χ4v) is 2.46. The van der Waals surface area contributed by atoms with Gasteiger partial charge in [-0.3, -0.25) is 10.1 Å². The van der Waals surface area contributed by atoms with Crippen LogP contribution >= 0.6 is 12.2 Å². The topological polar surface area (TPSA) is 67.2 Å². The maximum Gasteiger partial charge on any atom is 0.257 e. The van der Waals surface area contributed by atoms with E-state index in [0.29, 0.717) is 18.0 Å².